The number of aromatic amines is 1. The fraction of sp³-hybridized carbons (Fsp3) is 0.333. The predicted molar refractivity (Wildman–Crippen MR) is 103 cm³/mol. The molecule has 0 aliphatic carbocycles. The molecule has 0 radical (unpaired) electrons. The topological polar surface area (TPSA) is 99.8 Å². The van der Waals surface area contributed by atoms with E-state index in [1.54, 1.807) is 0 Å². The SMILES string of the molecule is O=S1(=O)CCC(Nc2cc(NCCc3c[nH]c4ccccc34)ncn2)C1. The first-order valence-corrected chi connectivity index (χ1v) is 10.5. The molecule has 1 aliphatic heterocycles. The zero-order chi connectivity index (χ0) is 18.0. The smallest absolute Gasteiger partial charge is 0.152 e. The third kappa shape index (κ3) is 3.80. The van der Waals surface area contributed by atoms with E-state index in [-0.39, 0.29) is 17.5 Å². The number of hydrogen-bond donors (Lipinski definition) is 3. The number of benzene rings is 1. The van der Waals surface area contributed by atoms with Crippen molar-refractivity contribution < 1.29 is 8.42 Å². The summed E-state index contributed by atoms with van der Waals surface area (Å²) in [6.45, 7) is 0.746. The monoisotopic (exact) mass is 371 g/mol. The largest absolute Gasteiger partial charge is 0.370 e. The highest BCUT2D eigenvalue weighted by molar-refractivity contribution is 7.91. The van der Waals surface area contributed by atoms with Crippen LogP contribution in [-0.2, 0) is 16.3 Å². The Bertz CT molecular complexity index is 1020. The molecule has 1 aromatic carbocycles. The lowest BCUT2D eigenvalue weighted by molar-refractivity contribution is 0.602. The van der Waals surface area contributed by atoms with Crippen LogP contribution in [-0.4, -0.2) is 47.5 Å². The molecular weight excluding hydrogens is 350 g/mol. The Labute approximate surface area is 152 Å². The molecular formula is C18H21N5O2S. The lowest BCUT2D eigenvalue weighted by atomic mass is 10.1. The van der Waals surface area contributed by atoms with Crippen molar-refractivity contribution >= 4 is 32.4 Å². The van der Waals surface area contributed by atoms with Crippen LogP contribution in [0.15, 0.2) is 42.9 Å². The van der Waals surface area contributed by atoms with Gasteiger partial charge < -0.3 is 15.6 Å². The highest BCUT2D eigenvalue weighted by atomic mass is 32.2. The van der Waals surface area contributed by atoms with Crippen molar-refractivity contribution in [3.63, 3.8) is 0 Å². The summed E-state index contributed by atoms with van der Waals surface area (Å²) in [5.41, 5.74) is 2.40. The van der Waals surface area contributed by atoms with E-state index in [1.807, 2.05) is 24.4 Å². The molecule has 0 spiro atoms. The number of aromatic nitrogens is 3. The van der Waals surface area contributed by atoms with Gasteiger partial charge in [-0.05, 0) is 24.5 Å². The first-order valence-electron chi connectivity index (χ1n) is 8.67. The average molecular weight is 371 g/mol. The number of nitrogens with one attached hydrogen (secondary N) is 3. The summed E-state index contributed by atoms with van der Waals surface area (Å²) in [6, 6.07) is 9.99. The molecule has 1 saturated heterocycles. The van der Waals surface area contributed by atoms with Crippen molar-refractivity contribution in [3.05, 3.63) is 48.4 Å². The molecule has 4 rings (SSSR count). The predicted octanol–water partition coefficient (Wildman–Crippen LogP) is 2.21. The molecule has 3 N–H and O–H groups in total. The number of rotatable bonds is 6. The van der Waals surface area contributed by atoms with Crippen molar-refractivity contribution in [1.29, 1.82) is 0 Å². The maximum atomic E-state index is 11.6. The van der Waals surface area contributed by atoms with Gasteiger partial charge in [-0.2, -0.15) is 0 Å². The summed E-state index contributed by atoms with van der Waals surface area (Å²) in [4.78, 5) is 11.7. The molecule has 0 bridgehead atoms. The minimum Gasteiger partial charge on any atom is -0.370 e. The summed E-state index contributed by atoms with van der Waals surface area (Å²) >= 11 is 0. The Morgan fingerprint density at radius 3 is 2.88 bits per heavy atom. The van der Waals surface area contributed by atoms with Gasteiger partial charge >= 0.3 is 0 Å². The summed E-state index contributed by atoms with van der Waals surface area (Å²) < 4.78 is 23.1. The highest BCUT2D eigenvalue weighted by Gasteiger charge is 2.27. The van der Waals surface area contributed by atoms with Crippen LogP contribution in [0.2, 0.25) is 0 Å². The Hall–Kier alpha value is -2.61. The Morgan fingerprint density at radius 1 is 1.19 bits per heavy atom. The second kappa shape index (κ2) is 6.95. The van der Waals surface area contributed by atoms with Gasteiger partial charge in [0, 0.05) is 35.8 Å². The van der Waals surface area contributed by atoms with Crippen molar-refractivity contribution in [2.24, 2.45) is 0 Å². The average Bonchev–Trinajstić information content (AvgIpc) is 3.18. The van der Waals surface area contributed by atoms with Crippen molar-refractivity contribution in [2.75, 3.05) is 28.7 Å². The van der Waals surface area contributed by atoms with Crippen molar-refractivity contribution in [3.8, 4) is 0 Å². The Morgan fingerprint density at radius 2 is 2.04 bits per heavy atom. The maximum Gasteiger partial charge on any atom is 0.152 e. The minimum atomic E-state index is -2.91. The number of anilines is 2. The standard InChI is InChI=1S/C18H21N5O2S/c24-26(25)8-6-14(11-26)23-18-9-17(21-12-22-18)19-7-5-13-10-20-16-4-2-1-3-15(13)16/h1-4,9-10,12,14,20H,5-8,11H2,(H2,19,21,22,23). The summed E-state index contributed by atoms with van der Waals surface area (Å²) in [6.07, 6.45) is 5.02. The van der Waals surface area contributed by atoms with E-state index >= 15 is 0 Å². The van der Waals surface area contributed by atoms with Gasteiger partial charge in [-0.1, -0.05) is 18.2 Å². The molecule has 1 atom stereocenters. The number of nitrogens with zero attached hydrogens (tertiary/aromatic N) is 2. The lowest BCUT2D eigenvalue weighted by Crippen LogP contribution is -2.21. The van der Waals surface area contributed by atoms with Gasteiger partial charge in [0.15, 0.2) is 9.84 Å². The van der Waals surface area contributed by atoms with Gasteiger partial charge in [-0.3, -0.25) is 0 Å². The summed E-state index contributed by atoms with van der Waals surface area (Å²) in [5.74, 6) is 1.78. The molecule has 1 aliphatic rings. The molecule has 3 heterocycles. The maximum absolute atomic E-state index is 11.6. The van der Waals surface area contributed by atoms with Gasteiger partial charge in [0.2, 0.25) is 0 Å². The number of hydrogen-bond acceptors (Lipinski definition) is 6. The molecule has 3 aromatic rings. The minimum absolute atomic E-state index is 0.0750. The zero-order valence-corrected chi connectivity index (χ0v) is 15.1. The van der Waals surface area contributed by atoms with Crippen LogP contribution in [0.4, 0.5) is 11.6 Å². The number of fused-ring (bicyclic) bond motifs is 1. The van der Waals surface area contributed by atoms with Gasteiger partial charge in [0.25, 0.3) is 0 Å². The van der Waals surface area contributed by atoms with E-state index in [4.69, 9.17) is 0 Å². The quantitative estimate of drug-likeness (QED) is 0.614. The van der Waals surface area contributed by atoms with Crippen LogP contribution in [0, 0.1) is 0 Å². The van der Waals surface area contributed by atoms with Gasteiger partial charge in [0.1, 0.15) is 18.0 Å². The third-order valence-corrected chi connectivity index (χ3v) is 6.39. The van der Waals surface area contributed by atoms with Crippen LogP contribution >= 0.6 is 0 Å². The second-order valence-electron chi connectivity index (χ2n) is 6.57. The molecule has 7 nitrogen and oxygen atoms in total. The zero-order valence-electron chi connectivity index (χ0n) is 14.3. The normalized spacial score (nSPS) is 18.8. The second-order valence-corrected chi connectivity index (χ2v) is 8.80. The number of sulfone groups is 1. The first kappa shape index (κ1) is 16.8. The number of H-pyrrole nitrogens is 1. The van der Waals surface area contributed by atoms with E-state index in [9.17, 15) is 8.42 Å². The van der Waals surface area contributed by atoms with Crippen LogP contribution in [0.5, 0.6) is 0 Å². The summed E-state index contributed by atoms with van der Waals surface area (Å²) in [7, 11) is -2.91. The Balaban J connectivity index is 1.35. The molecule has 26 heavy (non-hydrogen) atoms. The van der Waals surface area contributed by atoms with Crippen LogP contribution in [0.3, 0.4) is 0 Å². The van der Waals surface area contributed by atoms with Crippen LogP contribution in [0.25, 0.3) is 10.9 Å². The van der Waals surface area contributed by atoms with Gasteiger partial charge in [-0.15, -0.1) is 0 Å². The summed E-state index contributed by atoms with van der Waals surface area (Å²) in [5, 5.41) is 7.73. The van der Waals surface area contributed by atoms with E-state index in [0.29, 0.717) is 12.2 Å². The fourth-order valence-corrected chi connectivity index (χ4v) is 4.99. The Kier molecular flexibility index (Phi) is 4.50. The molecule has 8 heteroatoms. The van der Waals surface area contributed by atoms with Gasteiger partial charge in [-0.25, -0.2) is 18.4 Å². The van der Waals surface area contributed by atoms with E-state index in [0.717, 1.165) is 24.3 Å². The lowest BCUT2D eigenvalue weighted by Gasteiger charge is -2.12. The molecule has 0 saturated carbocycles. The van der Waals surface area contributed by atoms with E-state index < -0.39 is 9.84 Å². The molecule has 0 amide bonds. The highest BCUT2D eigenvalue weighted by Crippen LogP contribution is 2.19. The first-order chi connectivity index (χ1) is 12.6. The molecule has 136 valence electrons. The van der Waals surface area contributed by atoms with Gasteiger partial charge in [0.05, 0.1) is 11.5 Å². The third-order valence-electron chi connectivity index (χ3n) is 4.63. The van der Waals surface area contributed by atoms with E-state index in [2.05, 4.69) is 37.7 Å². The van der Waals surface area contributed by atoms with E-state index in [1.165, 1.54) is 17.3 Å². The van der Waals surface area contributed by atoms with Crippen LogP contribution < -0.4 is 10.6 Å². The number of para-hydroxylation sites is 1. The fourth-order valence-electron chi connectivity index (χ4n) is 3.31. The van der Waals surface area contributed by atoms with Crippen molar-refractivity contribution in [2.45, 2.75) is 18.9 Å². The molecule has 1 fully saturated rings. The molecule has 2 aromatic heterocycles. The molecule has 1 unspecified atom stereocenters. The van der Waals surface area contributed by atoms with Crippen LogP contribution in [0.1, 0.15) is 12.0 Å². The van der Waals surface area contributed by atoms with Crippen molar-refractivity contribution in [1.82, 2.24) is 15.0 Å².